The Morgan fingerprint density at radius 2 is 2.00 bits per heavy atom. The van der Waals surface area contributed by atoms with Crippen molar-refractivity contribution in [2.45, 2.75) is 20.3 Å². The SMILES string of the molecule is Cc1ccc(F)c(C(=O)Nc2ccc(C)c(Cc3nc(-c4cccnc4)cs3)c2)c1. The maximum Gasteiger partial charge on any atom is 0.258 e. The zero-order valence-electron chi connectivity index (χ0n) is 16.6. The minimum absolute atomic E-state index is 0.0400. The number of hydrogen-bond donors (Lipinski definition) is 1. The summed E-state index contributed by atoms with van der Waals surface area (Å²) in [5.74, 6) is -0.990. The standard InChI is InChI=1S/C24H20FN3OS/c1-15-5-8-21(25)20(10-15)24(29)27-19-7-6-16(2)18(11-19)12-23-28-22(14-30-23)17-4-3-9-26-13-17/h3-11,13-14H,12H2,1-2H3,(H,27,29). The average molecular weight is 418 g/mol. The van der Waals surface area contributed by atoms with Gasteiger partial charge in [-0.15, -0.1) is 11.3 Å². The molecule has 0 radical (unpaired) electrons. The molecule has 4 aromatic rings. The number of carbonyl (C=O) groups is 1. The molecule has 30 heavy (non-hydrogen) atoms. The molecule has 1 N–H and O–H groups in total. The average Bonchev–Trinajstić information content (AvgIpc) is 3.21. The number of aromatic nitrogens is 2. The molecule has 2 aromatic heterocycles. The van der Waals surface area contributed by atoms with E-state index in [1.54, 1.807) is 35.9 Å². The van der Waals surface area contributed by atoms with Gasteiger partial charge < -0.3 is 5.32 Å². The van der Waals surface area contributed by atoms with Crippen molar-refractivity contribution in [1.82, 2.24) is 9.97 Å². The summed E-state index contributed by atoms with van der Waals surface area (Å²) in [5, 5.41) is 5.81. The van der Waals surface area contributed by atoms with Gasteiger partial charge in [0.2, 0.25) is 0 Å². The summed E-state index contributed by atoms with van der Waals surface area (Å²) >= 11 is 1.59. The first-order chi connectivity index (χ1) is 14.5. The van der Waals surface area contributed by atoms with Crippen molar-refractivity contribution in [3.8, 4) is 11.3 Å². The Kier molecular flexibility index (Phi) is 5.68. The third-order valence-electron chi connectivity index (χ3n) is 4.82. The van der Waals surface area contributed by atoms with Gasteiger partial charge in [0.05, 0.1) is 16.3 Å². The summed E-state index contributed by atoms with van der Waals surface area (Å²) in [4.78, 5) is 21.4. The summed E-state index contributed by atoms with van der Waals surface area (Å²) < 4.78 is 14.0. The molecule has 0 fully saturated rings. The van der Waals surface area contributed by atoms with Gasteiger partial charge in [0.1, 0.15) is 5.82 Å². The largest absolute Gasteiger partial charge is 0.322 e. The van der Waals surface area contributed by atoms with Gasteiger partial charge in [0.15, 0.2) is 0 Å². The van der Waals surface area contributed by atoms with Gasteiger partial charge in [-0.3, -0.25) is 9.78 Å². The van der Waals surface area contributed by atoms with E-state index in [1.165, 1.54) is 6.07 Å². The fourth-order valence-electron chi connectivity index (χ4n) is 3.15. The Balaban J connectivity index is 1.53. The monoisotopic (exact) mass is 417 g/mol. The lowest BCUT2D eigenvalue weighted by molar-refractivity contribution is 0.102. The molecular formula is C24H20FN3OS. The van der Waals surface area contributed by atoms with E-state index in [1.807, 2.05) is 49.6 Å². The number of pyridine rings is 1. The number of halogens is 1. The summed E-state index contributed by atoms with van der Waals surface area (Å²) in [6.07, 6.45) is 4.19. The Labute approximate surface area is 178 Å². The van der Waals surface area contributed by atoms with E-state index in [0.717, 1.165) is 33.0 Å². The second-order valence-corrected chi connectivity index (χ2v) is 8.07. The van der Waals surface area contributed by atoms with E-state index in [4.69, 9.17) is 4.98 Å². The first kappa shape index (κ1) is 19.9. The minimum atomic E-state index is -0.531. The molecule has 1 amide bonds. The molecule has 0 aliphatic heterocycles. The summed E-state index contributed by atoms with van der Waals surface area (Å²) in [6, 6.07) is 14.1. The maximum absolute atomic E-state index is 14.0. The van der Waals surface area contributed by atoms with E-state index in [0.29, 0.717) is 12.1 Å². The van der Waals surface area contributed by atoms with Crippen LogP contribution in [0.15, 0.2) is 66.3 Å². The van der Waals surface area contributed by atoms with Gasteiger partial charge in [-0.25, -0.2) is 9.37 Å². The van der Waals surface area contributed by atoms with Crippen LogP contribution < -0.4 is 5.32 Å². The molecule has 2 aromatic carbocycles. The highest BCUT2D eigenvalue weighted by Gasteiger charge is 2.13. The highest BCUT2D eigenvalue weighted by Crippen LogP contribution is 2.25. The highest BCUT2D eigenvalue weighted by atomic mass is 32.1. The molecule has 0 spiro atoms. The molecule has 0 bridgehead atoms. The second-order valence-electron chi connectivity index (χ2n) is 7.12. The van der Waals surface area contributed by atoms with E-state index in [-0.39, 0.29) is 5.56 Å². The van der Waals surface area contributed by atoms with Crippen LogP contribution in [0.4, 0.5) is 10.1 Å². The molecule has 6 heteroatoms. The molecule has 0 saturated carbocycles. The van der Waals surface area contributed by atoms with Crippen molar-refractivity contribution < 1.29 is 9.18 Å². The van der Waals surface area contributed by atoms with Crippen molar-refractivity contribution in [2.75, 3.05) is 5.32 Å². The first-order valence-electron chi connectivity index (χ1n) is 9.51. The van der Waals surface area contributed by atoms with Crippen LogP contribution in [0, 0.1) is 19.7 Å². The topological polar surface area (TPSA) is 54.9 Å². The van der Waals surface area contributed by atoms with Crippen molar-refractivity contribution in [3.05, 3.63) is 99.4 Å². The Hall–Kier alpha value is -3.38. The van der Waals surface area contributed by atoms with Crippen LogP contribution >= 0.6 is 11.3 Å². The van der Waals surface area contributed by atoms with Crippen LogP contribution in [0.25, 0.3) is 11.3 Å². The fraction of sp³-hybridized carbons (Fsp3) is 0.125. The normalized spacial score (nSPS) is 10.8. The predicted octanol–water partition coefficient (Wildman–Crippen LogP) is 5.80. The fourth-order valence-corrected chi connectivity index (χ4v) is 3.98. The Morgan fingerprint density at radius 1 is 1.13 bits per heavy atom. The number of carbonyl (C=O) groups excluding carboxylic acids is 1. The van der Waals surface area contributed by atoms with Crippen LogP contribution in [0.5, 0.6) is 0 Å². The van der Waals surface area contributed by atoms with E-state index in [9.17, 15) is 9.18 Å². The third kappa shape index (κ3) is 4.44. The molecule has 2 heterocycles. The predicted molar refractivity (Wildman–Crippen MR) is 118 cm³/mol. The number of rotatable bonds is 5. The second kappa shape index (κ2) is 8.55. The number of nitrogens with zero attached hydrogens (tertiary/aromatic N) is 2. The number of amides is 1. The summed E-state index contributed by atoms with van der Waals surface area (Å²) in [5.41, 5.74) is 5.55. The lowest BCUT2D eigenvalue weighted by Crippen LogP contribution is -2.14. The number of nitrogens with one attached hydrogen (secondary N) is 1. The summed E-state index contributed by atoms with van der Waals surface area (Å²) in [6.45, 7) is 3.85. The highest BCUT2D eigenvalue weighted by molar-refractivity contribution is 7.10. The van der Waals surface area contributed by atoms with Gasteiger partial charge in [-0.1, -0.05) is 17.7 Å². The quantitative estimate of drug-likeness (QED) is 0.446. The van der Waals surface area contributed by atoms with Gasteiger partial charge in [0.25, 0.3) is 5.91 Å². The van der Waals surface area contributed by atoms with E-state index in [2.05, 4.69) is 10.3 Å². The molecule has 4 rings (SSSR count). The van der Waals surface area contributed by atoms with Crippen LogP contribution in [0.3, 0.4) is 0 Å². The molecule has 0 unspecified atom stereocenters. The molecule has 150 valence electrons. The summed E-state index contributed by atoms with van der Waals surface area (Å²) in [7, 11) is 0. The van der Waals surface area contributed by atoms with Gasteiger partial charge in [-0.05, 0) is 61.4 Å². The third-order valence-corrected chi connectivity index (χ3v) is 5.67. The lowest BCUT2D eigenvalue weighted by Gasteiger charge is -2.10. The smallest absolute Gasteiger partial charge is 0.258 e. The van der Waals surface area contributed by atoms with Crippen molar-refractivity contribution in [3.63, 3.8) is 0 Å². The number of benzene rings is 2. The lowest BCUT2D eigenvalue weighted by atomic mass is 10.0. The van der Waals surface area contributed by atoms with Crippen molar-refractivity contribution in [1.29, 1.82) is 0 Å². The van der Waals surface area contributed by atoms with Crippen LogP contribution in [0.2, 0.25) is 0 Å². The first-order valence-corrected chi connectivity index (χ1v) is 10.4. The zero-order valence-corrected chi connectivity index (χ0v) is 17.5. The van der Waals surface area contributed by atoms with Gasteiger partial charge >= 0.3 is 0 Å². The van der Waals surface area contributed by atoms with Gasteiger partial charge in [-0.2, -0.15) is 0 Å². The number of hydrogen-bond acceptors (Lipinski definition) is 4. The van der Waals surface area contributed by atoms with Crippen LogP contribution in [0.1, 0.15) is 32.1 Å². The van der Waals surface area contributed by atoms with Crippen molar-refractivity contribution in [2.24, 2.45) is 0 Å². The van der Waals surface area contributed by atoms with Crippen molar-refractivity contribution >= 4 is 22.9 Å². The van der Waals surface area contributed by atoms with Crippen LogP contribution in [-0.2, 0) is 6.42 Å². The molecule has 0 saturated heterocycles. The molecule has 0 atom stereocenters. The molecule has 4 nitrogen and oxygen atoms in total. The van der Waals surface area contributed by atoms with Crippen LogP contribution in [-0.4, -0.2) is 15.9 Å². The maximum atomic E-state index is 14.0. The molecule has 0 aliphatic carbocycles. The van der Waals surface area contributed by atoms with E-state index >= 15 is 0 Å². The zero-order chi connectivity index (χ0) is 21.1. The number of aryl methyl sites for hydroxylation is 2. The number of thiazole rings is 1. The van der Waals surface area contributed by atoms with Gasteiger partial charge in [0, 0.05) is 35.4 Å². The minimum Gasteiger partial charge on any atom is -0.322 e. The Morgan fingerprint density at radius 3 is 2.80 bits per heavy atom. The molecule has 0 aliphatic rings. The van der Waals surface area contributed by atoms with E-state index < -0.39 is 11.7 Å². The molecular weight excluding hydrogens is 397 g/mol. The Bertz CT molecular complexity index is 1200. The number of anilines is 1.